The Bertz CT molecular complexity index is 643. The molecule has 0 spiro atoms. The molecule has 0 fully saturated rings. The Kier molecular flexibility index (Phi) is 3.75. The van der Waals surface area contributed by atoms with Crippen LogP contribution in [0.5, 0.6) is 5.75 Å². The van der Waals surface area contributed by atoms with E-state index in [2.05, 4.69) is 25.5 Å². The Balaban J connectivity index is 2.44. The van der Waals surface area contributed by atoms with Crippen LogP contribution >= 0.6 is 0 Å². The third-order valence-electron chi connectivity index (χ3n) is 2.21. The molecule has 0 atom stereocenters. The maximum atomic E-state index is 5.58. The van der Waals surface area contributed by atoms with E-state index in [1.807, 2.05) is 0 Å². The minimum absolute atomic E-state index is 0.0686. The normalized spacial score (nSPS) is 11.2. The molecule has 10 nitrogen and oxygen atoms in total. The molecule has 0 saturated carbocycles. The Hall–Kier alpha value is -3.17. The standard InChI is InChI=1S/C10H13N9O/c1-20-8-3-6(15-10(13)16-9(11)12)2-7(4-8)19-5-14-17-18-19/h2-5H,1H3,(H6,11,12,13,15,16). The van der Waals surface area contributed by atoms with Crippen LogP contribution in [-0.4, -0.2) is 39.2 Å². The second-order valence-corrected chi connectivity index (χ2v) is 3.65. The predicted molar refractivity (Wildman–Crippen MR) is 72.8 cm³/mol. The molecule has 1 aromatic carbocycles. The van der Waals surface area contributed by atoms with Gasteiger partial charge in [0, 0.05) is 12.1 Å². The van der Waals surface area contributed by atoms with E-state index in [1.165, 1.54) is 18.1 Å². The molecule has 0 saturated heterocycles. The Labute approximate surface area is 113 Å². The van der Waals surface area contributed by atoms with Crippen LogP contribution in [0.4, 0.5) is 5.69 Å². The summed E-state index contributed by atoms with van der Waals surface area (Å²) in [5.74, 6) is 0.324. The number of hydrogen-bond donors (Lipinski definition) is 3. The second kappa shape index (κ2) is 5.65. The van der Waals surface area contributed by atoms with Crippen molar-refractivity contribution in [1.29, 1.82) is 0 Å². The maximum absolute atomic E-state index is 5.58. The zero-order valence-corrected chi connectivity index (χ0v) is 10.6. The van der Waals surface area contributed by atoms with Crippen LogP contribution in [-0.2, 0) is 0 Å². The quantitative estimate of drug-likeness (QED) is 0.473. The number of tetrazole rings is 1. The van der Waals surface area contributed by atoms with E-state index in [-0.39, 0.29) is 11.9 Å². The number of guanidine groups is 2. The van der Waals surface area contributed by atoms with Crippen molar-refractivity contribution in [3.8, 4) is 11.4 Å². The van der Waals surface area contributed by atoms with Crippen LogP contribution in [0.3, 0.4) is 0 Å². The van der Waals surface area contributed by atoms with Crippen LogP contribution in [0.25, 0.3) is 5.69 Å². The van der Waals surface area contributed by atoms with Gasteiger partial charge in [0.2, 0.25) is 5.96 Å². The maximum Gasteiger partial charge on any atom is 0.223 e. The molecule has 6 N–H and O–H groups in total. The van der Waals surface area contributed by atoms with Gasteiger partial charge < -0.3 is 21.9 Å². The summed E-state index contributed by atoms with van der Waals surface area (Å²) in [5.41, 5.74) is 17.2. The summed E-state index contributed by atoms with van der Waals surface area (Å²) in [6.45, 7) is 0. The smallest absolute Gasteiger partial charge is 0.223 e. The molecule has 0 aliphatic carbocycles. The van der Waals surface area contributed by atoms with Crippen LogP contribution in [0, 0.1) is 0 Å². The zero-order chi connectivity index (χ0) is 14.5. The van der Waals surface area contributed by atoms with Crippen LogP contribution in [0.2, 0.25) is 0 Å². The lowest BCUT2D eigenvalue weighted by molar-refractivity contribution is 0.414. The summed E-state index contributed by atoms with van der Waals surface area (Å²) < 4.78 is 6.64. The Morgan fingerprint density at radius 2 is 2.05 bits per heavy atom. The van der Waals surface area contributed by atoms with E-state index in [1.54, 1.807) is 18.2 Å². The lowest BCUT2D eigenvalue weighted by Gasteiger charge is -2.06. The highest BCUT2D eigenvalue weighted by Gasteiger charge is 2.04. The van der Waals surface area contributed by atoms with Crippen molar-refractivity contribution in [3.05, 3.63) is 24.5 Å². The first-order chi connectivity index (χ1) is 9.58. The lowest BCUT2D eigenvalue weighted by atomic mass is 10.2. The van der Waals surface area contributed by atoms with Gasteiger partial charge in [0.15, 0.2) is 5.96 Å². The molecule has 20 heavy (non-hydrogen) atoms. The summed E-state index contributed by atoms with van der Waals surface area (Å²) in [4.78, 5) is 7.70. The van der Waals surface area contributed by atoms with Gasteiger partial charge in [-0.1, -0.05) is 0 Å². The highest BCUT2D eigenvalue weighted by molar-refractivity contribution is 5.93. The van der Waals surface area contributed by atoms with Gasteiger partial charge in [-0.15, -0.1) is 5.10 Å². The second-order valence-electron chi connectivity index (χ2n) is 3.65. The Morgan fingerprint density at radius 1 is 1.25 bits per heavy atom. The first-order valence-corrected chi connectivity index (χ1v) is 5.44. The molecule has 2 aromatic rings. The topological polar surface area (TPSA) is 156 Å². The first kappa shape index (κ1) is 13.3. The number of hydrogen-bond acceptors (Lipinski definition) is 5. The first-order valence-electron chi connectivity index (χ1n) is 5.44. The number of rotatable bonds is 3. The van der Waals surface area contributed by atoms with Gasteiger partial charge in [0.25, 0.3) is 0 Å². The van der Waals surface area contributed by atoms with Gasteiger partial charge in [-0.3, -0.25) is 0 Å². The van der Waals surface area contributed by atoms with E-state index in [4.69, 9.17) is 21.9 Å². The van der Waals surface area contributed by atoms with Crippen molar-refractivity contribution in [3.63, 3.8) is 0 Å². The van der Waals surface area contributed by atoms with Crippen molar-refractivity contribution < 1.29 is 4.74 Å². The van der Waals surface area contributed by atoms with Crippen molar-refractivity contribution in [1.82, 2.24) is 20.2 Å². The minimum atomic E-state index is -0.171. The molecular formula is C10H13N9O. The van der Waals surface area contributed by atoms with Crippen LogP contribution < -0.4 is 21.9 Å². The number of benzene rings is 1. The molecule has 1 aromatic heterocycles. The Morgan fingerprint density at radius 3 is 2.65 bits per heavy atom. The van der Waals surface area contributed by atoms with Crippen LogP contribution in [0.15, 0.2) is 34.5 Å². The summed E-state index contributed by atoms with van der Waals surface area (Å²) in [6.07, 6.45) is 1.45. The lowest BCUT2D eigenvalue weighted by Crippen LogP contribution is -2.26. The molecule has 0 radical (unpaired) electrons. The molecule has 2 rings (SSSR count). The number of aromatic nitrogens is 4. The van der Waals surface area contributed by atoms with Gasteiger partial charge >= 0.3 is 0 Å². The number of aliphatic imine (C=N–C) groups is 2. The monoisotopic (exact) mass is 275 g/mol. The fourth-order valence-electron chi connectivity index (χ4n) is 1.45. The van der Waals surface area contributed by atoms with E-state index >= 15 is 0 Å². The number of nitrogens with two attached hydrogens (primary N) is 3. The van der Waals surface area contributed by atoms with Gasteiger partial charge in [-0.2, -0.15) is 4.99 Å². The van der Waals surface area contributed by atoms with Crippen molar-refractivity contribution in [2.75, 3.05) is 7.11 Å². The number of methoxy groups -OCH3 is 1. The van der Waals surface area contributed by atoms with Gasteiger partial charge in [0.1, 0.15) is 12.1 Å². The third-order valence-corrected chi connectivity index (χ3v) is 2.21. The predicted octanol–water partition coefficient (Wildman–Crippen LogP) is -1.11. The summed E-state index contributed by atoms with van der Waals surface area (Å²) >= 11 is 0. The summed E-state index contributed by atoms with van der Waals surface area (Å²) in [6, 6.07) is 5.11. The fraction of sp³-hybridized carbons (Fsp3) is 0.100. The van der Waals surface area contributed by atoms with Crippen molar-refractivity contribution in [2.24, 2.45) is 27.2 Å². The fourth-order valence-corrected chi connectivity index (χ4v) is 1.45. The highest BCUT2D eigenvalue weighted by Crippen LogP contribution is 2.24. The molecule has 0 aliphatic heterocycles. The average molecular weight is 275 g/mol. The highest BCUT2D eigenvalue weighted by atomic mass is 16.5. The van der Waals surface area contributed by atoms with Crippen LogP contribution in [0.1, 0.15) is 0 Å². The SMILES string of the molecule is COc1cc(N=C(N)N=C(N)N)cc(-n2cnnn2)c1. The molecular weight excluding hydrogens is 262 g/mol. The zero-order valence-electron chi connectivity index (χ0n) is 10.6. The summed E-state index contributed by atoms with van der Waals surface area (Å²) in [7, 11) is 1.53. The average Bonchev–Trinajstić information content (AvgIpc) is 2.91. The van der Waals surface area contributed by atoms with E-state index in [0.29, 0.717) is 17.1 Å². The molecule has 0 amide bonds. The number of ether oxygens (including phenoxy) is 1. The number of nitrogens with zero attached hydrogens (tertiary/aromatic N) is 6. The summed E-state index contributed by atoms with van der Waals surface area (Å²) in [5, 5.41) is 10.9. The molecule has 0 unspecified atom stereocenters. The minimum Gasteiger partial charge on any atom is -0.497 e. The van der Waals surface area contributed by atoms with Gasteiger partial charge in [0.05, 0.1) is 18.5 Å². The largest absolute Gasteiger partial charge is 0.497 e. The van der Waals surface area contributed by atoms with E-state index in [0.717, 1.165) is 0 Å². The molecule has 0 bridgehead atoms. The molecule has 10 heteroatoms. The van der Waals surface area contributed by atoms with Gasteiger partial charge in [-0.05, 0) is 16.5 Å². The van der Waals surface area contributed by atoms with Gasteiger partial charge in [-0.25, -0.2) is 9.67 Å². The third kappa shape index (κ3) is 3.19. The van der Waals surface area contributed by atoms with E-state index in [9.17, 15) is 0 Å². The molecule has 104 valence electrons. The van der Waals surface area contributed by atoms with Crippen molar-refractivity contribution in [2.45, 2.75) is 0 Å². The van der Waals surface area contributed by atoms with Crippen molar-refractivity contribution >= 4 is 17.6 Å². The molecule has 1 heterocycles. The molecule has 0 aliphatic rings. The van der Waals surface area contributed by atoms with E-state index < -0.39 is 0 Å².